The molecule has 30 nitrogen and oxygen atoms in total. The van der Waals surface area contributed by atoms with E-state index in [1.165, 1.54) is 42.3 Å². The number of esters is 4. The number of aldehydes is 1. The third-order valence-electron chi connectivity index (χ3n) is 11.9. The Kier molecular flexibility index (Phi) is 37.8. The molecular weight excluding hydrogens is 1250 g/mol. The number of nitrogens with two attached hydrogens (primary N) is 1. The molecule has 1 saturated heterocycles. The Morgan fingerprint density at radius 3 is 1.42 bits per heavy atom. The van der Waals surface area contributed by atoms with Crippen LogP contribution < -0.4 is 40.8 Å². The first-order valence-electron chi connectivity index (χ1n) is 29.3. The number of hydrogen-bond donors (Lipinski definition) is 4. The van der Waals surface area contributed by atoms with Crippen molar-refractivity contribution >= 4 is 72.4 Å². The number of amidine groups is 2. The molecule has 4 aliphatic heterocycles. The summed E-state index contributed by atoms with van der Waals surface area (Å²) in [7, 11) is -1.34. The van der Waals surface area contributed by atoms with Gasteiger partial charge in [-0.3, -0.25) is 33.5 Å². The predicted molar refractivity (Wildman–Crippen MR) is 352 cm³/mol. The number of ether oxygens (including phenoxy) is 5. The van der Waals surface area contributed by atoms with Crippen LogP contribution in [0.2, 0.25) is 0 Å². The molecule has 0 bridgehead atoms. The quantitative estimate of drug-likeness (QED) is 0.0302. The van der Waals surface area contributed by atoms with Crippen LogP contribution in [-0.4, -0.2) is 195 Å². The molecule has 5 aromatic heterocycles. The van der Waals surface area contributed by atoms with Crippen molar-refractivity contribution in [3.05, 3.63) is 207 Å². The van der Waals surface area contributed by atoms with Gasteiger partial charge in [0.25, 0.3) is 0 Å². The summed E-state index contributed by atoms with van der Waals surface area (Å²) in [5.74, 6) is 0.00351. The SMILES string of the molecule is C1CCOC1.CCOC(=O)C=NC1=NCC=C1.CCOC(=O)C=O.CCOC(=O)c1cncn1-c1ccn(-c2ccccc2)n1.CCOC(=O)c1cncn1C1=NCC=C1.NC1=NCC=C1.O=C(O)c1cncn1-c1ccn(-c2ccccc2)n1.OB(O)c1ccccc1.[Na+].[OH-]. The van der Waals surface area contributed by atoms with Gasteiger partial charge in [0.05, 0.1) is 76.0 Å². The monoisotopic (exact) mass is 1330 g/mol. The number of benzene rings is 3. The van der Waals surface area contributed by atoms with Crippen molar-refractivity contribution in [2.75, 3.05) is 59.3 Å². The first-order chi connectivity index (χ1) is 45.7. The number of allylic oxidation sites excluding steroid dienone is 1. The molecule has 1 fully saturated rings. The molecule has 6 N–H and O–H groups in total. The minimum atomic E-state index is -1.34. The number of para-hydroxylation sites is 2. The van der Waals surface area contributed by atoms with Crippen LogP contribution in [0.5, 0.6) is 0 Å². The average molecular weight is 1330 g/mol. The molecule has 0 unspecified atom stereocenters. The Morgan fingerprint density at radius 2 is 1.03 bits per heavy atom. The number of carbonyl (C=O) groups is 6. The Morgan fingerprint density at radius 1 is 0.583 bits per heavy atom. The van der Waals surface area contributed by atoms with Crippen molar-refractivity contribution in [1.82, 2.24) is 48.2 Å². The van der Waals surface area contributed by atoms with Crippen LogP contribution in [0, 0.1) is 0 Å². The Balaban J connectivity index is 0.000000297. The van der Waals surface area contributed by atoms with E-state index in [4.69, 9.17) is 35.1 Å². The van der Waals surface area contributed by atoms with Gasteiger partial charge in [-0.15, -0.1) is 10.2 Å². The first-order valence-corrected chi connectivity index (χ1v) is 29.3. The van der Waals surface area contributed by atoms with Gasteiger partial charge in [-0.1, -0.05) is 85.0 Å². The van der Waals surface area contributed by atoms with Gasteiger partial charge in [0.2, 0.25) is 6.29 Å². The second-order valence-electron chi connectivity index (χ2n) is 18.5. The molecule has 0 atom stereocenters. The average Bonchev–Trinajstić information content (AvgIpc) is 1.72. The molecule has 0 aliphatic carbocycles. The summed E-state index contributed by atoms with van der Waals surface area (Å²) in [6.45, 7) is 12.3. The van der Waals surface area contributed by atoms with Gasteiger partial charge in [0.1, 0.15) is 42.7 Å². The standard InChI is InChI=1S/C15H14N4O2.C13H10N4O2.C10H11N3O2.C8H10N2O2.C6H7BO2.C4H6N2.C4H6O3.C4H8O.Na.H2O/c1-2-21-15(20)13-10-16-11-18(13)14-8-9-19(17-14)12-6-4-3-5-7-12;18-13(19)11-8-14-9-16(11)12-6-7-17(15-12)10-4-2-1-3-5-10;1-2-15-10(14)8-6-11-7-13(8)9-4-3-5-12-9;1-2-12-8(11)6-10-7-4-3-5-9-7;8-7(9)6-4-2-1-3-5-6;5-4-2-1-3-6-4;1-2-7-4(6)3-5;1-2-4-5-3-1;;/h3-11H,2H2,1H3;1-9H,(H,18,19);3-4,6-7H,2,5H2,1H3;3-4,6H,2,5H2,1H3;1-5,8-9H;1-2H,3H2,(H2,5,6);3H,2H2,1H3;1-4H2;;1H2/q;;;;;;;;+1;/p-1. The van der Waals surface area contributed by atoms with Crippen molar-refractivity contribution in [2.24, 2.45) is 25.7 Å². The summed E-state index contributed by atoms with van der Waals surface area (Å²) in [4.78, 5) is 92.0. The van der Waals surface area contributed by atoms with Crippen molar-refractivity contribution in [3.8, 4) is 23.0 Å². The number of aromatic nitrogens is 10. The molecule has 12 rings (SSSR count). The number of nitrogens with zero attached hydrogens (tertiary/aromatic N) is 14. The van der Waals surface area contributed by atoms with Gasteiger partial charge in [-0.25, -0.2) is 53.3 Å². The molecule has 3 aromatic carbocycles. The van der Waals surface area contributed by atoms with E-state index in [0.29, 0.717) is 73.1 Å². The Hall–Kier alpha value is -10.7. The number of carboxylic acids is 1. The van der Waals surface area contributed by atoms with Gasteiger partial charge in [0.15, 0.2) is 28.7 Å². The van der Waals surface area contributed by atoms with Crippen molar-refractivity contribution in [1.29, 1.82) is 0 Å². The van der Waals surface area contributed by atoms with Gasteiger partial charge in [-0.05, 0) is 88.5 Å². The number of hydrogen-bond acceptors (Lipinski definition) is 24. The van der Waals surface area contributed by atoms with Crippen LogP contribution in [0.3, 0.4) is 0 Å². The van der Waals surface area contributed by atoms with Gasteiger partial charge in [-0.2, -0.15) is 0 Å². The van der Waals surface area contributed by atoms with Crippen molar-refractivity contribution in [2.45, 2.75) is 40.5 Å². The summed E-state index contributed by atoms with van der Waals surface area (Å²) in [5, 5.41) is 35.0. The third kappa shape index (κ3) is 27.9. The molecule has 0 saturated carbocycles. The predicted octanol–water partition coefficient (Wildman–Crippen LogP) is 2.11. The Bertz CT molecular complexity index is 3850. The molecule has 4 aliphatic rings. The van der Waals surface area contributed by atoms with E-state index in [1.807, 2.05) is 103 Å². The molecule has 9 heterocycles. The molecule has 0 radical (unpaired) electrons. The second-order valence-corrected chi connectivity index (χ2v) is 18.5. The zero-order valence-corrected chi connectivity index (χ0v) is 55.5. The first kappa shape index (κ1) is 79.6. The maximum absolute atomic E-state index is 11.9. The van der Waals surface area contributed by atoms with E-state index >= 15 is 0 Å². The van der Waals surface area contributed by atoms with Crippen LogP contribution in [-0.2, 0) is 38.1 Å². The number of aliphatic imine (C=N–C) groups is 4. The van der Waals surface area contributed by atoms with Crippen LogP contribution in [0.15, 0.2) is 210 Å². The van der Waals surface area contributed by atoms with Crippen molar-refractivity contribution < 1.29 is 103 Å². The fourth-order valence-electron chi connectivity index (χ4n) is 7.59. The van der Waals surface area contributed by atoms with E-state index in [9.17, 15) is 28.8 Å². The van der Waals surface area contributed by atoms with Gasteiger partial charge in [0, 0.05) is 37.7 Å². The minimum absolute atomic E-state index is 0. The summed E-state index contributed by atoms with van der Waals surface area (Å²) in [5.41, 5.74) is 8.42. The second kappa shape index (κ2) is 45.6. The zero-order valence-electron chi connectivity index (χ0n) is 53.5. The van der Waals surface area contributed by atoms with Gasteiger partial charge >= 0.3 is 66.5 Å². The molecule has 0 spiro atoms. The smallest absolute Gasteiger partial charge is 0.870 e. The summed E-state index contributed by atoms with van der Waals surface area (Å²) in [6, 6.07) is 31.5. The third-order valence-corrected chi connectivity index (χ3v) is 11.9. The van der Waals surface area contributed by atoms with Crippen LogP contribution >= 0.6 is 0 Å². The number of carbonyl (C=O) groups excluding carboxylic acids is 5. The van der Waals surface area contributed by atoms with Crippen LogP contribution in [0.1, 0.15) is 72.0 Å². The molecular formula is C64H73BN15NaO15. The minimum Gasteiger partial charge on any atom is -0.870 e. The normalized spacial score (nSPS) is 12.3. The van der Waals surface area contributed by atoms with E-state index in [0.717, 1.165) is 43.2 Å². The number of imidazole rings is 3. The van der Waals surface area contributed by atoms with E-state index in [-0.39, 0.29) is 59.6 Å². The summed E-state index contributed by atoms with van der Waals surface area (Å²) in [6.07, 6.45) is 27.4. The van der Waals surface area contributed by atoms with E-state index < -0.39 is 31.0 Å². The maximum Gasteiger partial charge on any atom is 1.00 e. The number of carboxylic acid groups (broad SMARTS) is 1. The van der Waals surface area contributed by atoms with Crippen LogP contribution in [0.25, 0.3) is 23.0 Å². The molecule has 498 valence electrons. The molecule has 96 heavy (non-hydrogen) atoms. The largest absolute Gasteiger partial charge is 1.00 e. The van der Waals surface area contributed by atoms with Gasteiger partial charge < -0.3 is 50.0 Å². The van der Waals surface area contributed by atoms with E-state index in [2.05, 4.69) is 54.6 Å². The fourth-order valence-corrected chi connectivity index (χ4v) is 7.59. The Labute approximate surface area is 575 Å². The summed E-state index contributed by atoms with van der Waals surface area (Å²) < 4.78 is 31.8. The maximum atomic E-state index is 11.9. The topological polar surface area (TPSA) is 404 Å². The number of rotatable bonds is 14. The molecule has 32 heteroatoms. The van der Waals surface area contributed by atoms with Crippen molar-refractivity contribution in [3.63, 3.8) is 0 Å². The van der Waals surface area contributed by atoms with E-state index in [1.54, 1.807) is 108 Å². The molecule has 8 aromatic rings. The summed E-state index contributed by atoms with van der Waals surface area (Å²) >= 11 is 0. The zero-order chi connectivity index (χ0) is 67.7. The molecule has 0 amide bonds. The fraction of sp³-hybridized carbons (Fsp3) is 0.234. The van der Waals surface area contributed by atoms with Crippen LogP contribution in [0.4, 0.5) is 0 Å². The number of aromatic carboxylic acids is 1.